The number of rotatable bonds is 1. The maximum atomic E-state index is 5.52. The molecule has 0 aliphatic rings. The second kappa shape index (κ2) is 3.61. The molecule has 0 aromatic carbocycles. The van der Waals surface area contributed by atoms with Crippen molar-refractivity contribution in [3.63, 3.8) is 0 Å². The first-order chi connectivity index (χ1) is 6.30. The molecule has 1 heterocycles. The van der Waals surface area contributed by atoms with E-state index in [9.17, 15) is 0 Å². The number of thiol groups is 1. The minimum absolute atomic E-state index is 0.163. The summed E-state index contributed by atoms with van der Waals surface area (Å²) in [6.07, 6.45) is 0. The number of nitrogens with zero attached hydrogens (tertiary/aromatic N) is 4. The average molecular weight is 213 g/mol. The summed E-state index contributed by atoms with van der Waals surface area (Å²) in [4.78, 5) is 12.0. The molecule has 1 aromatic heterocycles. The molecule has 1 rings (SSSR count). The lowest BCUT2D eigenvalue weighted by Crippen LogP contribution is -2.35. The quantitative estimate of drug-likeness (QED) is 0.686. The van der Waals surface area contributed by atoms with E-state index in [4.69, 9.17) is 5.73 Å². The molecule has 0 bridgehead atoms. The summed E-state index contributed by atoms with van der Waals surface area (Å²) in [6, 6.07) is 0. The van der Waals surface area contributed by atoms with Gasteiger partial charge in [-0.2, -0.15) is 15.0 Å². The van der Waals surface area contributed by atoms with E-state index in [2.05, 4.69) is 27.8 Å². The van der Waals surface area contributed by atoms with Crippen LogP contribution in [0.25, 0.3) is 0 Å². The number of hydrogen-bond donors (Lipinski definition) is 2. The van der Waals surface area contributed by atoms with E-state index in [0.29, 0.717) is 11.8 Å². The molecule has 0 fully saturated rings. The molecule has 0 saturated heterocycles. The Morgan fingerprint density at radius 1 is 1.21 bits per heavy atom. The van der Waals surface area contributed by atoms with Crippen molar-refractivity contribution in [1.82, 2.24) is 15.0 Å². The Morgan fingerprint density at radius 3 is 2.21 bits per heavy atom. The summed E-state index contributed by atoms with van der Waals surface area (Å²) in [5.74, 6) is 1.29. The lowest BCUT2D eigenvalue weighted by atomic mass is 10.1. The number of aromatic nitrogens is 3. The van der Waals surface area contributed by atoms with Gasteiger partial charge in [-0.3, -0.25) is 4.31 Å². The number of hydrogen-bond acceptors (Lipinski definition) is 6. The fourth-order valence-electron chi connectivity index (χ4n) is 0.883. The largest absolute Gasteiger partial charge is 0.368 e. The highest BCUT2D eigenvalue weighted by atomic mass is 32.1. The van der Waals surface area contributed by atoms with Crippen molar-refractivity contribution < 1.29 is 0 Å². The van der Waals surface area contributed by atoms with Gasteiger partial charge in [-0.1, -0.05) is 12.8 Å². The lowest BCUT2D eigenvalue weighted by Gasteiger charge is -2.30. The van der Waals surface area contributed by atoms with E-state index in [-0.39, 0.29) is 11.5 Å². The van der Waals surface area contributed by atoms with Crippen LogP contribution in [0.5, 0.6) is 0 Å². The van der Waals surface area contributed by atoms with Crippen molar-refractivity contribution in [3.8, 4) is 0 Å². The SMILES string of the molecule is Cc1nc(N)nc(N(S)C(C)(C)C)n1. The molecule has 0 aliphatic heterocycles. The molecule has 0 atom stereocenters. The smallest absolute Gasteiger partial charge is 0.240 e. The van der Waals surface area contributed by atoms with Crippen LogP contribution < -0.4 is 10.0 Å². The second-order valence-electron chi connectivity index (χ2n) is 4.02. The molecule has 0 saturated carbocycles. The van der Waals surface area contributed by atoms with Crippen molar-refractivity contribution in [3.05, 3.63) is 5.82 Å². The third-order valence-corrected chi connectivity index (χ3v) is 2.36. The van der Waals surface area contributed by atoms with Gasteiger partial charge in [0.05, 0.1) is 0 Å². The first-order valence-corrected chi connectivity index (χ1v) is 4.68. The fraction of sp³-hybridized carbons (Fsp3) is 0.625. The zero-order valence-electron chi connectivity index (χ0n) is 8.81. The third kappa shape index (κ3) is 2.47. The summed E-state index contributed by atoms with van der Waals surface area (Å²) >= 11 is 4.32. The second-order valence-corrected chi connectivity index (χ2v) is 4.42. The molecule has 0 radical (unpaired) electrons. The fourth-order valence-corrected chi connectivity index (χ4v) is 0.972. The molecule has 0 unspecified atom stereocenters. The van der Waals surface area contributed by atoms with Crippen LogP contribution in [-0.4, -0.2) is 20.5 Å². The van der Waals surface area contributed by atoms with Gasteiger partial charge in [0.2, 0.25) is 11.9 Å². The number of aryl methyl sites for hydroxylation is 1. The molecule has 6 heteroatoms. The molecule has 0 aliphatic carbocycles. The normalized spacial score (nSPS) is 11.5. The summed E-state index contributed by atoms with van der Waals surface area (Å²) < 4.78 is 1.66. The van der Waals surface area contributed by atoms with E-state index in [1.54, 1.807) is 11.2 Å². The molecular formula is C8H15N5S. The topological polar surface area (TPSA) is 67.9 Å². The molecule has 5 nitrogen and oxygen atoms in total. The van der Waals surface area contributed by atoms with Crippen molar-refractivity contribution in [2.45, 2.75) is 33.2 Å². The first kappa shape index (κ1) is 11.0. The molecule has 2 N–H and O–H groups in total. The van der Waals surface area contributed by atoms with Gasteiger partial charge in [0.25, 0.3) is 0 Å². The summed E-state index contributed by atoms with van der Waals surface area (Å²) in [7, 11) is 0. The van der Waals surface area contributed by atoms with Crippen LogP contribution in [0, 0.1) is 6.92 Å². The highest BCUT2D eigenvalue weighted by molar-refractivity contribution is 7.81. The predicted molar refractivity (Wildman–Crippen MR) is 60.2 cm³/mol. The molecule has 0 spiro atoms. The van der Waals surface area contributed by atoms with E-state index in [1.165, 1.54) is 0 Å². The van der Waals surface area contributed by atoms with Gasteiger partial charge < -0.3 is 5.73 Å². The Bertz CT molecular complexity index is 313. The van der Waals surface area contributed by atoms with Crippen LogP contribution in [0.15, 0.2) is 0 Å². The zero-order chi connectivity index (χ0) is 10.9. The van der Waals surface area contributed by atoms with Gasteiger partial charge >= 0.3 is 0 Å². The maximum Gasteiger partial charge on any atom is 0.240 e. The molecular weight excluding hydrogens is 198 g/mol. The van der Waals surface area contributed by atoms with Crippen molar-refractivity contribution in [2.75, 3.05) is 10.0 Å². The van der Waals surface area contributed by atoms with E-state index in [0.717, 1.165) is 0 Å². The van der Waals surface area contributed by atoms with Crippen LogP contribution in [0.1, 0.15) is 26.6 Å². The monoisotopic (exact) mass is 213 g/mol. The third-order valence-electron chi connectivity index (χ3n) is 1.58. The van der Waals surface area contributed by atoms with Crippen molar-refractivity contribution in [1.29, 1.82) is 0 Å². The molecule has 0 amide bonds. The minimum atomic E-state index is -0.163. The van der Waals surface area contributed by atoms with Gasteiger partial charge in [0.1, 0.15) is 5.82 Å². The summed E-state index contributed by atoms with van der Waals surface area (Å²) in [5, 5.41) is 0. The van der Waals surface area contributed by atoms with Gasteiger partial charge in [0.15, 0.2) is 0 Å². The van der Waals surface area contributed by atoms with Crippen molar-refractivity contribution >= 4 is 24.7 Å². The number of anilines is 2. The van der Waals surface area contributed by atoms with E-state index in [1.807, 2.05) is 20.8 Å². The van der Waals surface area contributed by atoms with Crippen LogP contribution in [0.4, 0.5) is 11.9 Å². The van der Waals surface area contributed by atoms with Gasteiger partial charge in [-0.25, -0.2) is 0 Å². The number of nitrogens with two attached hydrogens (primary N) is 1. The standard InChI is InChI=1S/C8H15N5S/c1-5-10-6(9)12-7(11-5)13(14)8(2,3)4/h14H,1-4H3,(H2,9,10,11,12). The number of nitrogen functional groups attached to an aromatic ring is 1. The highest BCUT2D eigenvalue weighted by Crippen LogP contribution is 2.22. The average Bonchev–Trinajstić information content (AvgIpc) is 1.99. The Kier molecular flexibility index (Phi) is 2.84. The van der Waals surface area contributed by atoms with E-state index >= 15 is 0 Å². The highest BCUT2D eigenvalue weighted by Gasteiger charge is 2.21. The Balaban J connectivity index is 3.07. The molecule has 78 valence electrons. The van der Waals surface area contributed by atoms with Gasteiger partial charge in [-0.15, -0.1) is 0 Å². The predicted octanol–water partition coefficient (Wildman–Crippen LogP) is 1.21. The summed E-state index contributed by atoms with van der Waals surface area (Å²) in [5.41, 5.74) is 5.35. The molecule has 1 aromatic rings. The Hall–Kier alpha value is -1.04. The Labute approximate surface area is 89.3 Å². The van der Waals surface area contributed by atoms with Crippen LogP contribution in [0.3, 0.4) is 0 Å². The Morgan fingerprint density at radius 2 is 1.79 bits per heavy atom. The maximum absolute atomic E-state index is 5.52. The van der Waals surface area contributed by atoms with Crippen molar-refractivity contribution in [2.24, 2.45) is 0 Å². The van der Waals surface area contributed by atoms with Gasteiger partial charge in [-0.05, 0) is 27.7 Å². The van der Waals surface area contributed by atoms with Gasteiger partial charge in [0, 0.05) is 5.54 Å². The minimum Gasteiger partial charge on any atom is -0.368 e. The van der Waals surface area contributed by atoms with E-state index < -0.39 is 0 Å². The first-order valence-electron chi connectivity index (χ1n) is 4.28. The lowest BCUT2D eigenvalue weighted by molar-refractivity contribution is 0.581. The van der Waals surface area contributed by atoms with Crippen LogP contribution in [-0.2, 0) is 0 Å². The zero-order valence-corrected chi connectivity index (χ0v) is 9.71. The molecule has 14 heavy (non-hydrogen) atoms. The summed E-state index contributed by atoms with van der Waals surface area (Å²) in [6.45, 7) is 7.80. The van der Waals surface area contributed by atoms with Crippen LogP contribution >= 0.6 is 12.8 Å². The van der Waals surface area contributed by atoms with Crippen LogP contribution in [0.2, 0.25) is 0 Å².